The number of aromatic nitrogens is 2. The van der Waals surface area contributed by atoms with E-state index in [-0.39, 0.29) is 5.41 Å². The fourth-order valence-electron chi connectivity index (χ4n) is 1.98. The van der Waals surface area contributed by atoms with E-state index in [0.29, 0.717) is 6.04 Å². The molecule has 2 rings (SSSR count). The Kier molecular flexibility index (Phi) is 3.24. The van der Waals surface area contributed by atoms with E-state index in [0.717, 1.165) is 18.8 Å². The Morgan fingerprint density at radius 2 is 1.88 bits per heavy atom. The summed E-state index contributed by atoms with van der Waals surface area (Å²) in [5, 5.41) is 3.47. The molecule has 1 aromatic heterocycles. The molecule has 0 aliphatic carbocycles. The normalized spacial score (nSPS) is 22.1. The van der Waals surface area contributed by atoms with Crippen molar-refractivity contribution in [1.82, 2.24) is 15.3 Å². The summed E-state index contributed by atoms with van der Waals surface area (Å²) in [6, 6.07) is 0.364. The van der Waals surface area contributed by atoms with Gasteiger partial charge in [0.2, 0.25) is 0 Å². The van der Waals surface area contributed by atoms with Crippen LogP contribution in [0, 0.1) is 0 Å². The molecule has 0 amide bonds. The molecule has 88 valence electrons. The summed E-state index contributed by atoms with van der Waals surface area (Å²) in [5.41, 5.74) is 1.34. The van der Waals surface area contributed by atoms with E-state index in [1.54, 1.807) is 0 Å². The standard InChI is InChI=1S/C13H21N3/c1-13(2,3)10-8-15-12(16-9-10)11-6-4-5-7-14-11/h8-9,11,14H,4-7H2,1-3H3. The molecule has 1 aromatic rings. The maximum Gasteiger partial charge on any atom is 0.145 e. The van der Waals surface area contributed by atoms with E-state index in [9.17, 15) is 0 Å². The lowest BCUT2D eigenvalue weighted by Gasteiger charge is -2.23. The number of nitrogens with one attached hydrogen (secondary N) is 1. The highest BCUT2D eigenvalue weighted by Crippen LogP contribution is 2.23. The Morgan fingerprint density at radius 1 is 1.19 bits per heavy atom. The van der Waals surface area contributed by atoms with Gasteiger partial charge in [-0.2, -0.15) is 0 Å². The summed E-state index contributed by atoms with van der Waals surface area (Å²) < 4.78 is 0. The van der Waals surface area contributed by atoms with Crippen molar-refractivity contribution in [3.05, 3.63) is 23.8 Å². The van der Waals surface area contributed by atoms with Gasteiger partial charge in [0, 0.05) is 12.4 Å². The first-order valence-electron chi connectivity index (χ1n) is 6.13. The Bertz CT molecular complexity index is 331. The molecule has 1 fully saturated rings. The molecule has 2 heterocycles. The third kappa shape index (κ3) is 2.59. The van der Waals surface area contributed by atoms with Gasteiger partial charge in [0.1, 0.15) is 5.82 Å². The molecule has 0 bridgehead atoms. The monoisotopic (exact) mass is 219 g/mol. The molecule has 0 radical (unpaired) electrons. The second kappa shape index (κ2) is 4.50. The molecule has 0 saturated carbocycles. The zero-order valence-electron chi connectivity index (χ0n) is 10.5. The van der Waals surface area contributed by atoms with Crippen LogP contribution in [0.4, 0.5) is 0 Å². The van der Waals surface area contributed by atoms with E-state index in [4.69, 9.17) is 0 Å². The molecule has 1 atom stereocenters. The highest BCUT2D eigenvalue weighted by molar-refractivity contribution is 5.16. The smallest absolute Gasteiger partial charge is 0.145 e. The largest absolute Gasteiger partial charge is 0.307 e. The van der Waals surface area contributed by atoms with Crippen LogP contribution >= 0.6 is 0 Å². The number of piperidine rings is 1. The average Bonchev–Trinajstić information content (AvgIpc) is 2.29. The Morgan fingerprint density at radius 3 is 2.38 bits per heavy atom. The summed E-state index contributed by atoms with van der Waals surface area (Å²) in [4.78, 5) is 8.99. The van der Waals surface area contributed by atoms with Crippen LogP contribution in [0.2, 0.25) is 0 Å². The van der Waals surface area contributed by atoms with Crippen molar-refractivity contribution < 1.29 is 0 Å². The lowest BCUT2D eigenvalue weighted by molar-refractivity contribution is 0.396. The van der Waals surface area contributed by atoms with E-state index in [2.05, 4.69) is 36.1 Å². The van der Waals surface area contributed by atoms with Gasteiger partial charge in [0.25, 0.3) is 0 Å². The van der Waals surface area contributed by atoms with Gasteiger partial charge in [-0.1, -0.05) is 27.2 Å². The third-order valence-electron chi connectivity index (χ3n) is 3.16. The van der Waals surface area contributed by atoms with Gasteiger partial charge >= 0.3 is 0 Å². The van der Waals surface area contributed by atoms with Gasteiger partial charge in [0.15, 0.2) is 0 Å². The minimum Gasteiger partial charge on any atom is -0.307 e. The van der Waals surface area contributed by atoms with Crippen molar-refractivity contribution in [2.24, 2.45) is 0 Å². The first kappa shape index (κ1) is 11.5. The summed E-state index contributed by atoms with van der Waals surface area (Å²) in [6.07, 6.45) is 7.66. The molecule has 1 unspecified atom stereocenters. The van der Waals surface area contributed by atoms with Gasteiger partial charge in [-0.05, 0) is 30.4 Å². The van der Waals surface area contributed by atoms with Crippen molar-refractivity contribution in [1.29, 1.82) is 0 Å². The number of hydrogen-bond acceptors (Lipinski definition) is 3. The predicted molar refractivity (Wildman–Crippen MR) is 65.3 cm³/mol. The van der Waals surface area contributed by atoms with Crippen LogP contribution in [-0.4, -0.2) is 16.5 Å². The minimum absolute atomic E-state index is 0.137. The Hall–Kier alpha value is -0.960. The number of nitrogens with zero attached hydrogens (tertiary/aromatic N) is 2. The molecule has 1 aliphatic rings. The van der Waals surface area contributed by atoms with Crippen LogP contribution in [0.1, 0.15) is 57.5 Å². The van der Waals surface area contributed by atoms with Crippen LogP contribution in [-0.2, 0) is 5.41 Å². The molecular weight excluding hydrogens is 198 g/mol. The SMILES string of the molecule is CC(C)(C)c1cnc(C2CCCCN2)nc1. The van der Waals surface area contributed by atoms with Crippen LogP contribution in [0.3, 0.4) is 0 Å². The van der Waals surface area contributed by atoms with Crippen molar-refractivity contribution in [2.45, 2.75) is 51.5 Å². The fourth-order valence-corrected chi connectivity index (χ4v) is 1.98. The summed E-state index contributed by atoms with van der Waals surface area (Å²) in [6.45, 7) is 7.65. The molecule has 16 heavy (non-hydrogen) atoms. The summed E-state index contributed by atoms with van der Waals surface area (Å²) in [5.74, 6) is 0.952. The zero-order valence-corrected chi connectivity index (χ0v) is 10.5. The van der Waals surface area contributed by atoms with Crippen LogP contribution in [0.5, 0.6) is 0 Å². The topological polar surface area (TPSA) is 37.8 Å². The van der Waals surface area contributed by atoms with E-state index in [1.165, 1.54) is 18.4 Å². The third-order valence-corrected chi connectivity index (χ3v) is 3.16. The summed E-state index contributed by atoms with van der Waals surface area (Å²) in [7, 11) is 0. The minimum atomic E-state index is 0.137. The zero-order chi connectivity index (χ0) is 11.6. The van der Waals surface area contributed by atoms with Crippen LogP contribution in [0.25, 0.3) is 0 Å². The number of rotatable bonds is 1. The Labute approximate surface area is 97.7 Å². The van der Waals surface area contributed by atoms with E-state index in [1.807, 2.05) is 12.4 Å². The van der Waals surface area contributed by atoms with Gasteiger partial charge in [-0.15, -0.1) is 0 Å². The van der Waals surface area contributed by atoms with Crippen molar-refractivity contribution >= 4 is 0 Å². The first-order valence-corrected chi connectivity index (χ1v) is 6.13. The second-order valence-corrected chi connectivity index (χ2v) is 5.58. The molecule has 1 aliphatic heterocycles. The van der Waals surface area contributed by atoms with Gasteiger partial charge in [-0.3, -0.25) is 0 Å². The highest BCUT2D eigenvalue weighted by atomic mass is 15.0. The molecule has 1 N–H and O–H groups in total. The lowest BCUT2D eigenvalue weighted by atomic mass is 9.89. The lowest BCUT2D eigenvalue weighted by Crippen LogP contribution is -2.28. The molecule has 3 nitrogen and oxygen atoms in total. The maximum atomic E-state index is 4.50. The fraction of sp³-hybridized carbons (Fsp3) is 0.692. The van der Waals surface area contributed by atoms with E-state index < -0.39 is 0 Å². The highest BCUT2D eigenvalue weighted by Gasteiger charge is 2.19. The first-order chi connectivity index (χ1) is 7.57. The molecular formula is C13H21N3. The second-order valence-electron chi connectivity index (χ2n) is 5.58. The molecule has 0 aromatic carbocycles. The van der Waals surface area contributed by atoms with Gasteiger partial charge < -0.3 is 5.32 Å². The van der Waals surface area contributed by atoms with Crippen molar-refractivity contribution in [3.8, 4) is 0 Å². The van der Waals surface area contributed by atoms with Crippen molar-refractivity contribution in [2.75, 3.05) is 6.54 Å². The molecule has 0 spiro atoms. The van der Waals surface area contributed by atoms with Crippen molar-refractivity contribution in [3.63, 3.8) is 0 Å². The molecule has 3 heteroatoms. The van der Waals surface area contributed by atoms with E-state index >= 15 is 0 Å². The molecule has 1 saturated heterocycles. The van der Waals surface area contributed by atoms with Gasteiger partial charge in [-0.25, -0.2) is 9.97 Å². The quantitative estimate of drug-likeness (QED) is 0.789. The Balaban J connectivity index is 2.12. The number of hydrogen-bond donors (Lipinski definition) is 1. The van der Waals surface area contributed by atoms with Crippen LogP contribution < -0.4 is 5.32 Å². The predicted octanol–water partition coefficient (Wildman–Crippen LogP) is 2.59. The summed E-state index contributed by atoms with van der Waals surface area (Å²) >= 11 is 0. The maximum absolute atomic E-state index is 4.50. The van der Waals surface area contributed by atoms with Crippen LogP contribution in [0.15, 0.2) is 12.4 Å². The van der Waals surface area contributed by atoms with Gasteiger partial charge in [0.05, 0.1) is 6.04 Å². The average molecular weight is 219 g/mol.